The second kappa shape index (κ2) is 14.6. The van der Waals surface area contributed by atoms with Crippen molar-refractivity contribution in [1.82, 2.24) is 24.8 Å². The maximum Gasteiger partial charge on any atom is 0.341 e. The summed E-state index contributed by atoms with van der Waals surface area (Å²) in [6.45, 7) is 8.43. The van der Waals surface area contributed by atoms with E-state index in [1.54, 1.807) is 10.9 Å². The van der Waals surface area contributed by atoms with E-state index in [2.05, 4.69) is 114 Å². The molecule has 1 fully saturated rings. The topological polar surface area (TPSA) is 74.8 Å². The minimum atomic E-state index is -0.346. The predicted octanol–water partition coefficient (Wildman–Crippen LogP) is 9.16. The van der Waals surface area contributed by atoms with Gasteiger partial charge in [0.1, 0.15) is 5.56 Å². The Morgan fingerprint density at radius 1 is 0.854 bits per heavy atom. The van der Waals surface area contributed by atoms with E-state index in [0.29, 0.717) is 18.1 Å². The molecule has 7 rings (SSSR count). The molecule has 2 unspecified atom stereocenters. The zero-order valence-corrected chi connectivity index (χ0v) is 28.4. The van der Waals surface area contributed by atoms with E-state index in [-0.39, 0.29) is 17.8 Å². The third-order valence-electron chi connectivity index (χ3n) is 8.90. The summed E-state index contributed by atoms with van der Waals surface area (Å²) in [6.07, 6.45) is 5.40. The van der Waals surface area contributed by atoms with Crippen molar-refractivity contribution in [2.24, 2.45) is 7.05 Å². The van der Waals surface area contributed by atoms with Crippen LogP contribution in [0.1, 0.15) is 84.7 Å². The van der Waals surface area contributed by atoms with Crippen molar-refractivity contribution in [2.45, 2.75) is 58.3 Å². The number of carbonyl (C=O) groups excluding carboxylic acids is 1. The van der Waals surface area contributed by atoms with Crippen LogP contribution in [0.3, 0.4) is 0 Å². The van der Waals surface area contributed by atoms with Crippen LogP contribution in [0.2, 0.25) is 0 Å². The molecule has 0 aliphatic heterocycles. The van der Waals surface area contributed by atoms with Gasteiger partial charge in [0.25, 0.3) is 0 Å². The van der Waals surface area contributed by atoms with Crippen molar-refractivity contribution >= 4 is 5.97 Å². The lowest BCUT2D eigenvalue weighted by molar-refractivity contribution is 0.0525. The first-order chi connectivity index (χ1) is 23.5. The molecular weight excluding hydrogens is 594 g/mol. The number of aryl methyl sites for hydroxylation is 1. The third kappa shape index (κ3) is 7.00. The van der Waals surface area contributed by atoms with Crippen LogP contribution in [0.25, 0.3) is 27.9 Å². The Morgan fingerprint density at radius 2 is 1.54 bits per heavy atom. The summed E-state index contributed by atoms with van der Waals surface area (Å²) in [6, 6.07) is 36.6. The molecular formula is C41H43N5O2. The van der Waals surface area contributed by atoms with E-state index < -0.39 is 0 Å². The summed E-state index contributed by atoms with van der Waals surface area (Å²) in [5.74, 6) is 0.305. The highest BCUT2D eigenvalue weighted by Crippen LogP contribution is 2.55. The Hall–Kier alpha value is -5.30. The molecule has 48 heavy (non-hydrogen) atoms. The number of ether oxygens (including phenoxy) is 1. The number of hydrogen-bond donors (Lipinski definition) is 0. The van der Waals surface area contributed by atoms with Crippen LogP contribution in [0.4, 0.5) is 0 Å². The molecule has 6 aromatic rings. The maximum absolute atomic E-state index is 13.0. The first kappa shape index (κ1) is 32.6. The van der Waals surface area contributed by atoms with Crippen molar-refractivity contribution in [1.29, 1.82) is 0 Å². The molecule has 0 radical (unpaired) electrons. The quantitative estimate of drug-likeness (QED) is 0.140. The van der Waals surface area contributed by atoms with E-state index in [4.69, 9.17) is 9.84 Å². The van der Waals surface area contributed by atoms with Gasteiger partial charge >= 0.3 is 5.97 Å². The molecule has 0 bridgehead atoms. The molecule has 2 aromatic heterocycles. The van der Waals surface area contributed by atoms with Gasteiger partial charge in [-0.2, -0.15) is 5.10 Å². The van der Waals surface area contributed by atoms with Gasteiger partial charge in [0, 0.05) is 25.1 Å². The number of hydrogen-bond acceptors (Lipinski definition) is 5. The fourth-order valence-electron chi connectivity index (χ4n) is 6.47. The first-order valence-corrected chi connectivity index (χ1v) is 16.9. The smallest absolute Gasteiger partial charge is 0.341 e. The van der Waals surface area contributed by atoms with Gasteiger partial charge in [-0.3, -0.25) is 4.68 Å². The monoisotopic (exact) mass is 637 g/mol. The van der Waals surface area contributed by atoms with Gasteiger partial charge in [0.15, 0.2) is 0 Å². The predicted molar refractivity (Wildman–Crippen MR) is 191 cm³/mol. The van der Waals surface area contributed by atoms with E-state index >= 15 is 0 Å². The molecule has 0 N–H and O–H groups in total. The van der Waals surface area contributed by atoms with E-state index in [0.717, 1.165) is 41.0 Å². The van der Waals surface area contributed by atoms with Gasteiger partial charge in [0.05, 0.1) is 29.9 Å². The molecule has 3 atom stereocenters. The van der Waals surface area contributed by atoms with E-state index in [1.165, 1.54) is 22.3 Å². The molecule has 7 nitrogen and oxygen atoms in total. The molecule has 0 saturated heterocycles. The molecule has 0 amide bonds. The highest BCUT2D eigenvalue weighted by atomic mass is 16.5. The second-order valence-electron chi connectivity index (χ2n) is 12.2. The molecule has 1 aliphatic rings. The van der Waals surface area contributed by atoms with Crippen LogP contribution in [-0.4, -0.2) is 37.4 Å². The fourth-order valence-corrected chi connectivity index (χ4v) is 6.47. The number of aromatic nitrogens is 5. The summed E-state index contributed by atoms with van der Waals surface area (Å²) >= 11 is 0. The SMILES string of the molecule is CC.CCOC(=O)c1cnn(-c2cccc(-c3cccc(CC(C)c4cccc(-c5ccccc5)c4)c3)c2)c1C1C[C@@H]1c1cn(C)nn1. The second-order valence-corrected chi connectivity index (χ2v) is 12.2. The summed E-state index contributed by atoms with van der Waals surface area (Å²) in [5.41, 5.74) is 10.6. The first-order valence-electron chi connectivity index (χ1n) is 16.9. The zero-order chi connectivity index (χ0) is 33.6. The van der Waals surface area contributed by atoms with Crippen molar-refractivity contribution in [3.8, 4) is 27.9 Å². The molecule has 4 aromatic carbocycles. The minimum absolute atomic E-state index is 0.104. The summed E-state index contributed by atoms with van der Waals surface area (Å²) in [5, 5.41) is 13.2. The number of benzene rings is 4. The molecule has 0 spiro atoms. The van der Waals surface area contributed by atoms with Gasteiger partial charge in [0.2, 0.25) is 0 Å². The third-order valence-corrected chi connectivity index (χ3v) is 8.90. The maximum atomic E-state index is 13.0. The standard InChI is InChI=1S/C39H37N5O2.C2H6/c1-4-46-39(45)36-24-40-44(38(36)35-23-34(35)37-25-43(3)42-41-37)33-18-10-17-32(22-33)30-15-8-11-27(20-30)19-26(2)29-14-9-16-31(21-29)28-12-6-5-7-13-28;1-2/h5-18,20-22,24-26,34-35H,4,19,23H2,1-3H3;1-2H3/t26?,34-,35?;/m0./s1. The number of rotatable bonds is 10. The largest absolute Gasteiger partial charge is 0.462 e. The van der Waals surface area contributed by atoms with Gasteiger partial charge < -0.3 is 4.74 Å². The summed E-state index contributed by atoms with van der Waals surface area (Å²) in [7, 11) is 1.87. The molecule has 244 valence electrons. The van der Waals surface area contributed by atoms with Gasteiger partial charge in [-0.15, -0.1) is 5.10 Å². The highest BCUT2D eigenvalue weighted by Gasteiger charge is 2.46. The summed E-state index contributed by atoms with van der Waals surface area (Å²) < 4.78 is 9.04. The van der Waals surface area contributed by atoms with Crippen LogP contribution >= 0.6 is 0 Å². The Balaban J connectivity index is 0.00000197. The van der Waals surface area contributed by atoms with Gasteiger partial charge in [-0.25, -0.2) is 9.48 Å². The normalized spacial score (nSPS) is 15.7. The van der Waals surface area contributed by atoms with Gasteiger partial charge in [-0.05, 0) is 71.2 Å². The van der Waals surface area contributed by atoms with Crippen molar-refractivity contribution in [3.05, 3.63) is 144 Å². The Kier molecular flexibility index (Phi) is 9.95. The minimum Gasteiger partial charge on any atom is -0.462 e. The fraction of sp³-hybridized carbons (Fsp3) is 0.268. The molecule has 7 heteroatoms. The number of esters is 1. The molecule has 2 heterocycles. The van der Waals surface area contributed by atoms with Crippen molar-refractivity contribution < 1.29 is 9.53 Å². The van der Waals surface area contributed by atoms with Crippen LogP contribution in [-0.2, 0) is 18.2 Å². The van der Waals surface area contributed by atoms with Crippen LogP contribution in [0.15, 0.2) is 116 Å². The van der Waals surface area contributed by atoms with Crippen molar-refractivity contribution in [2.75, 3.05) is 6.61 Å². The number of carbonyl (C=O) groups is 1. The lowest BCUT2D eigenvalue weighted by Gasteiger charge is -2.15. The van der Waals surface area contributed by atoms with Crippen LogP contribution in [0.5, 0.6) is 0 Å². The lowest BCUT2D eigenvalue weighted by atomic mass is 9.90. The Labute approximate surface area is 283 Å². The Morgan fingerprint density at radius 3 is 2.27 bits per heavy atom. The summed E-state index contributed by atoms with van der Waals surface area (Å²) in [4.78, 5) is 13.0. The van der Waals surface area contributed by atoms with Crippen LogP contribution < -0.4 is 0 Å². The average Bonchev–Trinajstić information content (AvgIpc) is 3.58. The van der Waals surface area contributed by atoms with Crippen molar-refractivity contribution in [3.63, 3.8) is 0 Å². The average molecular weight is 638 g/mol. The van der Waals surface area contributed by atoms with Crippen LogP contribution in [0, 0.1) is 0 Å². The van der Waals surface area contributed by atoms with E-state index in [9.17, 15) is 4.79 Å². The zero-order valence-electron chi connectivity index (χ0n) is 28.4. The molecule has 1 aliphatic carbocycles. The van der Waals surface area contributed by atoms with Gasteiger partial charge in [-0.1, -0.05) is 117 Å². The highest BCUT2D eigenvalue weighted by molar-refractivity contribution is 5.91. The Bertz CT molecular complexity index is 1990. The lowest BCUT2D eigenvalue weighted by Crippen LogP contribution is -2.09. The number of nitrogens with zero attached hydrogens (tertiary/aromatic N) is 5. The molecule has 1 saturated carbocycles. The van der Waals surface area contributed by atoms with E-state index in [1.807, 2.05) is 44.8 Å².